The molecule has 0 aromatic rings. The van der Waals surface area contributed by atoms with Crippen molar-refractivity contribution < 1.29 is 0 Å². The van der Waals surface area contributed by atoms with Crippen molar-refractivity contribution in [2.45, 2.75) is 32.6 Å². The minimum absolute atomic E-state index is 0.896. The smallest absolute Gasteiger partial charge is 0.0146 e. The van der Waals surface area contributed by atoms with E-state index in [9.17, 15) is 0 Å². The molecule has 0 bridgehead atoms. The van der Waals surface area contributed by atoms with Gasteiger partial charge in [0.25, 0.3) is 0 Å². The van der Waals surface area contributed by atoms with E-state index >= 15 is 0 Å². The molecule has 0 amide bonds. The van der Waals surface area contributed by atoms with Gasteiger partial charge in [0.2, 0.25) is 0 Å². The number of nitrogens with one attached hydrogen (secondary N) is 1. The molecule has 1 rings (SSSR count). The molecule has 2 atom stereocenters. The van der Waals surface area contributed by atoms with E-state index in [0.29, 0.717) is 0 Å². The highest BCUT2D eigenvalue weighted by atomic mass is 35.5. The second kappa shape index (κ2) is 6.44. The Hall–Kier alpha value is -0.0100. The zero-order valence-electron chi connectivity index (χ0n) is 8.43. The van der Waals surface area contributed by atoms with Crippen molar-refractivity contribution in [2.75, 3.05) is 13.1 Å². The van der Waals surface area contributed by atoms with E-state index in [-0.39, 0.29) is 0 Å². The van der Waals surface area contributed by atoms with Crippen LogP contribution < -0.4 is 5.32 Å². The summed E-state index contributed by atoms with van der Waals surface area (Å²) in [5.41, 5.74) is 1.58. The molecule has 2 heteroatoms. The Bertz CT molecular complexity index is 156. The van der Waals surface area contributed by atoms with Crippen molar-refractivity contribution in [1.29, 1.82) is 0 Å². The van der Waals surface area contributed by atoms with Crippen LogP contribution in [-0.2, 0) is 0 Å². The third-order valence-corrected chi connectivity index (χ3v) is 3.01. The third-order valence-electron chi connectivity index (χ3n) is 2.83. The minimum Gasteiger partial charge on any atom is -0.313 e. The molecule has 2 unspecified atom stereocenters. The summed E-state index contributed by atoms with van der Waals surface area (Å²) in [7, 11) is 0. The van der Waals surface area contributed by atoms with Crippen LogP contribution in [0.3, 0.4) is 0 Å². The predicted molar refractivity (Wildman–Crippen MR) is 59.0 cm³/mol. The Labute approximate surface area is 86.5 Å². The fourth-order valence-electron chi connectivity index (χ4n) is 2.16. The Balaban J connectivity index is 2.06. The summed E-state index contributed by atoms with van der Waals surface area (Å²) >= 11 is 5.43. The molecule has 76 valence electrons. The van der Waals surface area contributed by atoms with E-state index in [2.05, 4.69) is 12.2 Å². The van der Waals surface area contributed by atoms with Gasteiger partial charge in [0.15, 0.2) is 0 Å². The molecule has 0 spiro atoms. The zero-order chi connectivity index (χ0) is 9.52. The Morgan fingerprint density at radius 2 is 2.31 bits per heavy atom. The molecule has 13 heavy (non-hydrogen) atoms. The quantitative estimate of drug-likeness (QED) is 0.690. The van der Waals surface area contributed by atoms with Crippen LogP contribution in [0.2, 0.25) is 0 Å². The van der Waals surface area contributed by atoms with Gasteiger partial charge in [0.1, 0.15) is 0 Å². The van der Waals surface area contributed by atoms with Gasteiger partial charge in [0, 0.05) is 12.1 Å². The van der Waals surface area contributed by atoms with Gasteiger partial charge in [-0.3, -0.25) is 0 Å². The number of rotatable bonds is 4. The minimum atomic E-state index is 0.896. The molecule has 1 fully saturated rings. The van der Waals surface area contributed by atoms with Crippen LogP contribution in [0.1, 0.15) is 32.6 Å². The second-order valence-electron chi connectivity index (χ2n) is 4.16. The SMILES string of the molecule is CC1CCCC(CNC/C=C/Cl)C1. The van der Waals surface area contributed by atoms with Crippen LogP contribution in [0.25, 0.3) is 0 Å². The average molecular weight is 202 g/mol. The van der Waals surface area contributed by atoms with Crippen molar-refractivity contribution in [3.63, 3.8) is 0 Å². The first kappa shape index (κ1) is 11.1. The van der Waals surface area contributed by atoms with E-state index in [1.165, 1.54) is 25.7 Å². The van der Waals surface area contributed by atoms with Crippen molar-refractivity contribution >= 4 is 11.6 Å². The van der Waals surface area contributed by atoms with Crippen molar-refractivity contribution in [3.8, 4) is 0 Å². The van der Waals surface area contributed by atoms with Gasteiger partial charge < -0.3 is 5.32 Å². The van der Waals surface area contributed by atoms with Gasteiger partial charge in [-0.15, -0.1) is 0 Å². The fourth-order valence-corrected chi connectivity index (χ4v) is 2.25. The molecule has 1 nitrogen and oxygen atoms in total. The maximum absolute atomic E-state index is 5.43. The first-order valence-electron chi connectivity index (χ1n) is 5.29. The van der Waals surface area contributed by atoms with E-state index in [1.54, 1.807) is 5.54 Å². The van der Waals surface area contributed by atoms with Crippen LogP contribution in [0.5, 0.6) is 0 Å². The summed E-state index contributed by atoms with van der Waals surface area (Å²) in [5, 5.41) is 3.41. The van der Waals surface area contributed by atoms with Crippen molar-refractivity contribution in [2.24, 2.45) is 11.8 Å². The second-order valence-corrected chi connectivity index (χ2v) is 4.41. The molecular weight excluding hydrogens is 182 g/mol. The molecule has 1 aliphatic rings. The Kier molecular flexibility index (Phi) is 5.49. The third kappa shape index (κ3) is 4.68. The first-order chi connectivity index (χ1) is 6.33. The fraction of sp³-hybridized carbons (Fsp3) is 0.818. The molecule has 0 saturated heterocycles. The van der Waals surface area contributed by atoms with Crippen molar-refractivity contribution in [1.82, 2.24) is 5.32 Å². The molecule has 1 saturated carbocycles. The lowest BCUT2D eigenvalue weighted by Crippen LogP contribution is -2.26. The maximum Gasteiger partial charge on any atom is 0.0146 e. The van der Waals surface area contributed by atoms with E-state index in [0.717, 1.165) is 24.9 Å². The van der Waals surface area contributed by atoms with E-state index < -0.39 is 0 Å². The van der Waals surface area contributed by atoms with Gasteiger partial charge in [0.05, 0.1) is 0 Å². The summed E-state index contributed by atoms with van der Waals surface area (Å²) < 4.78 is 0. The summed E-state index contributed by atoms with van der Waals surface area (Å²) in [6.45, 7) is 4.44. The average Bonchev–Trinajstić information content (AvgIpc) is 2.13. The normalized spacial score (nSPS) is 29.7. The molecule has 0 radical (unpaired) electrons. The predicted octanol–water partition coefficient (Wildman–Crippen LogP) is 3.15. The maximum atomic E-state index is 5.43. The van der Waals surface area contributed by atoms with E-state index in [1.807, 2.05) is 6.08 Å². The summed E-state index contributed by atoms with van der Waals surface area (Å²) in [6.07, 6.45) is 7.60. The Morgan fingerprint density at radius 3 is 3.00 bits per heavy atom. The lowest BCUT2D eigenvalue weighted by Gasteiger charge is -2.26. The van der Waals surface area contributed by atoms with Gasteiger partial charge in [-0.2, -0.15) is 0 Å². The molecule has 0 aromatic heterocycles. The lowest BCUT2D eigenvalue weighted by molar-refractivity contribution is 0.277. The van der Waals surface area contributed by atoms with E-state index in [4.69, 9.17) is 11.6 Å². The van der Waals surface area contributed by atoms with Crippen LogP contribution >= 0.6 is 11.6 Å². The highest BCUT2D eigenvalue weighted by molar-refractivity contribution is 6.25. The highest BCUT2D eigenvalue weighted by Crippen LogP contribution is 2.27. The summed E-state index contributed by atoms with van der Waals surface area (Å²) in [6, 6.07) is 0. The van der Waals surface area contributed by atoms with Crippen LogP contribution in [0.4, 0.5) is 0 Å². The number of hydrogen-bond acceptors (Lipinski definition) is 1. The van der Waals surface area contributed by atoms with Crippen molar-refractivity contribution in [3.05, 3.63) is 11.6 Å². The summed E-state index contributed by atoms with van der Waals surface area (Å²) in [5.74, 6) is 1.83. The number of hydrogen-bond donors (Lipinski definition) is 1. The monoisotopic (exact) mass is 201 g/mol. The molecule has 0 aromatic carbocycles. The lowest BCUT2D eigenvalue weighted by atomic mass is 9.82. The van der Waals surface area contributed by atoms with Gasteiger partial charge in [-0.05, 0) is 31.2 Å². The largest absolute Gasteiger partial charge is 0.313 e. The number of halogens is 1. The standard InChI is InChI=1S/C11H20ClN/c1-10-4-2-5-11(8-10)9-13-7-3-6-12/h3,6,10-11,13H,2,4-5,7-9H2,1H3/b6-3+. The van der Waals surface area contributed by atoms with Crippen LogP contribution in [-0.4, -0.2) is 13.1 Å². The first-order valence-corrected chi connectivity index (χ1v) is 5.72. The Morgan fingerprint density at radius 1 is 1.46 bits per heavy atom. The van der Waals surface area contributed by atoms with Gasteiger partial charge >= 0.3 is 0 Å². The molecule has 1 aliphatic carbocycles. The highest BCUT2D eigenvalue weighted by Gasteiger charge is 2.17. The van der Waals surface area contributed by atoms with Gasteiger partial charge in [-0.25, -0.2) is 0 Å². The van der Waals surface area contributed by atoms with Crippen LogP contribution in [0.15, 0.2) is 11.6 Å². The molecule has 1 N–H and O–H groups in total. The molecular formula is C11H20ClN. The summed E-state index contributed by atoms with van der Waals surface area (Å²) in [4.78, 5) is 0. The topological polar surface area (TPSA) is 12.0 Å². The van der Waals surface area contributed by atoms with Gasteiger partial charge in [-0.1, -0.05) is 37.4 Å². The molecule has 0 heterocycles. The zero-order valence-corrected chi connectivity index (χ0v) is 9.19. The van der Waals surface area contributed by atoms with Crippen LogP contribution in [0, 0.1) is 11.8 Å². The molecule has 0 aliphatic heterocycles.